The molecule has 0 bridgehead atoms. The zero-order valence-electron chi connectivity index (χ0n) is 8.42. The summed E-state index contributed by atoms with van der Waals surface area (Å²) in [6.45, 7) is 0.666. The average molecular weight is 192 g/mol. The van der Waals surface area contributed by atoms with Crippen LogP contribution in [0.5, 0.6) is 0 Å². The molecule has 1 rings (SSSR count). The number of hydrogen-bond acceptors (Lipinski definition) is 3. The number of rotatable bonds is 4. The van der Waals surface area contributed by atoms with Gasteiger partial charge in [0.05, 0.1) is 0 Å². The lowest BCUT2D eigenvalue weighted by Gasteiger charge is -2.16. The zero-order valence-corrected chi connectivity index (χ0v) is 8.42. The Morgan fingerprint density at radius 2 is 2.43 bits per heavy atom. The lowest BCUT2D eigenvalue weighted by molar-refractivity contribution is 0.560. The summed E-state index contributed by atoms with van der Waals surface area (Å²) in [7, 11) is 1.83. The molecule has 14 heavy (non-hydrogen) atoms. The van der Waals surface area contributed by atoms with Crippen molar-refractivity contribution in [2.75, 3.05) is 13.6 Å². The van der Waals surface area contributed by atoms with Gasteiger partial charge in [0.2, 0.25) is 0 Å². The van der Waals surface area contributed by atoms with E-state index in [1.807, 2.05) is 31.2 Å². The van der Waals surface area contributed by atoms with Gasteiger partial charge < -0.3 is 11.1 Å². The Morgan fingerprint density at radius 3 is 3.00 bits per heavy atom. The largest absolute Gasteiger partial charge is 0.388 e. The molecule has 3 N–H and O–H groups in total. The van der Waals surface area contributed by atoms with Gasteiger partial charge in [-0.25, -0.2) is 4.79 Å². The zero-order chi connectivity index (χ0) is 10.4. The highest BCUT2D eigenvalue weighted by Crippen LogP contribution is 2.23. The van der Waals surface area contributed by atoms with Crippen LogP contribution in [0.3, 0.4) is 0 Å². The van der Waals surface area contributed by atoms with Gasteiger partial charge in [-0.2, -0.15) is 0 Å². The van der Waals surface area contributed by atoms with Crippen LogP contribution in [0.2, 0.25) is 0 Å². The molecule has 3 heteroatoms. The second kappa shape index (κ2) is 5.43. The quantitative estimate of drug-likeness (QED) is 0.647. The van der Waals surface area contributed by atoms with Crippen molar-refractivity contribution in [3.63, 3.8) is 0 Å². The maximum absolute atomic E-state index is 10.7. The molecule has 76 valence electrons. The lowest BCUT2D eigenvalue weighted by Crippen LogP contribution is -2.12. The van der Waals surface area contributed by atoms with Gasteiger partial charge in [0.15, 0.2) is 0 Å². The second-order valence-electron chi connectivity index (χ2n) is 3.30. The van der Waals surface area contributed by atoms with Crippen molar-refractivity contribution in [3.8, 4) is 0 Å². The van der Waals surface area contributed by atoms with Crippen molar-refractivity contribution in [2.24, 2.45) is 11.7 Å². The molecule has 1 atom stereocenters. The van der Waals surface area contributed by atoms with Gasteiger partial charge in [-0.15, -0.1) is 0 Å². The molecule has 0 saturated heterocycles. The van der Waals surface area contributed by atoms with Crippen LogP contribution in [0.15, 0.2) is 29.5 Å². The highest BCUT2D eigenvalue weighted by atomic mass is 16.1. The predicted octanol–water partition coefficient (Wildman–Crippen LogP) is 0.773. The molecule has 0 radical (unpaired) electrons. The first-order valence-corrected chi connectivity index (χ1v) is 4.84. The highest BCUT2D eigenvalue weighted by molar-refractivity contribution is 5.61. The van der Waals surface area contributed by atoms with Crippen molar-refractivity contribution >= 4 is 5.94 Å². The lowest BCUT2D eigenvalue weighted by atomic mass is 9.90. The minimum Gasteiger partial charge on any atom is -0.388 e. The van der Waals surface area contributed by atoms with Crippen LogP contribution in [0.4, 0.5) is 0 Å². The van der Waals surface area contributed by atoms with E-state index in [0.717, 1.165) is 18.5 Å². The number of nitrogens with two attached hydrogens (primary N) is 1. The molecule has 0 aliphatic heterocycles. The fraction of sp³-hybridized carbons (Fsp3) is 0.455. The SMILES string of the molecule is CNC1=CC(=C=O)C(CCCN)C=C1. The third-order valence-corrected chi connectivity index (χ3v) is 2.34. The van der Waals surface area contributed by atoms with Gasteiger partial charge in [-0.3, -0.25) is 0 Å². The van der Waals surface area contributed by atoms with Crippen LogP contribution in [0, 0.1) is 5.92 Å². The third-order valence-electron chi connectivity index (χ3n) is 2.34. The fourth-order valence-corrected chi connectivity index (χ4v) is 1.50. The van der Waals surface area contributed by atoms with Gasteiger partial charge in [-0.1, -0.05) is 6.08 Å². The van der Waals surface area contributed by atoms with Crippen LogP contribution in [0.1, 0.15) is 12.8 Å². The molecule has 0 heterocycles. The van der Waals surface area contributed by atoms with E-state index in [2.05, 4.69) is 5.32 Å². The van der Waals surface area contributed by atoms with E-state index in [0.29, 0.717) is 12.1 Å². The molecule has 0 aromatic heterocycles. The molecular formula is C11H16N2O. The standard InChI is InChI=1S/C11H16N2O/c1-13-11-5-4-9(3-2-6-12)10(7-11)8-14/h4-5,7,9,13H,2-3,6,12H2,1H3. The monoisotopic (exact) mass is 192 g/mol. The Morgan fingerprint density at radius 1 is 1.64 bits per heavy atom. The topological polar surface area (TPSA) is 55.1 Å². The normalized spacial score (nSPS) is 20.3. The maximum Gasteiger partial charge on any atom is 0.128 e. The van der Waals surface area contributed by atoms with Crippen LogP contribution in [-0.2, 0) is 4.79 Å². The van der Waals surface area contributed by atoms with Gasteiger partial charge in [0.25, 0.3) is 0 Å². The number of likely N-dealkylation sites (N-methyl/N-ethyl adjacent to an activating group) is 1. The Bertz CT molecular complexity index is 298. The number of nitrogens with one attached hydrogen (secondary N) is 1. The summed E-state index contributed by atoms with van der Waals surface area (Å²) in [5.41, 5.74) is 7.09. The molecular weight excluding hydrogens is 176 g/mol. The first kappa shape index (κ1) is 10.8. The maximum atomic E-state index is 10.7. The summed E-state index contributed by atoms with van der Waals surface area (Å²) < 4.78 is 0. The van der Waals surface area contributed by atoms with Crippen molar-refractivity contribution in [1.82, 2.24) is 5.32 Å². The molecule has 1 unspecified atom stereocenters. The number of carbonyl (C=O) groups excluding carboxylic acids is 1. The summed E-state index contributed by atoms with van der Waals surface area (Å²) in [5.74, 6) is 2.17. The fourth-order valence-electron chi connectivity index (χ4n) is 1.50. The van der Waals surface area contributed by atoms with Crippen molar-refractivity contribution in [3.05, 3.63) is 29.5 Å². The van der Waals surface area contributed by atoms with E-state index in [9.17, 15) is 4.79 Å². The molecule has 0 spiro atoms. The number of allylic oxidation sites excluding steroid dienone is 4. The molecule has 1 aliphatic carbocycles. The minimum atomic E-state index is 0.188. The van der Waals surface area contributed by atoms with Crippen LogP contribution < -0.4 is 11.1 Å². The van der Waals surface area contributed by atoms with Crippen LogP contribution in [-0.4, -0.2) is 19.5 Å². The van der Waals surface area contributed by atoms with E-state index >= 15 is 0 Å². The average Bonchev–Trinajstić information content (AvgIpc) is 2.26. The summed E-state index contributed by atoms with van der Waals surface area (Å²) in [4.78, 5) is 10.7. The van der Waals surface area contributed by atoms with Crippen molar-refractivity contribution < 1.29 is 4.79 Å². The van der Waals surface area contributed by atoms with Gasteiger partial charge in [-0.05, 0) is 31.5 Å². The van der Waals surface area contributed by atoms with Crippen molar-refractivity contribution in [1.29, 1.82) is 0 Å². The van der Waals surface area contributed by atoms with E-state index in [-0.39, 0.29) is 5.92 Å². The van der Waals surface area contributed by atoms with Crippen molar-refractivity contribution in [2.45, 2.75) is 12.8 Å². The molecule has 0 amide bonds. The predicted molar refractivity (Wildman–Crippen MR) is 57.3 cm³/mol. The third kappa shape index (κ3) is 2.59. The molecule has 0 aromatic rings. The van der Waals surface area contributed by atoms with Gasteiger partial charge in [0, 0.05) is 24.2 Å². The summed E-state index contributed by atoms with van der Waals surface area (Å²) in [6, 6.07) is 0. The second-order valence-corrected chi connectivity index (χ2v) is 3.30. The Hall–Kier alpha value is -1.31. The Labute approximate surface area is 84.4 Å². The summed E-state index contributed by atoms with van der Waals surface area (Å²) in [5, 5.41) is 2.99. The smallest absolute Gasteiger partial charge is 0.128 e. The molecule has 0 aromatic carbocycles. The Balaban J connectivity index is 2.69. The minimum absolute atomic E-state index is 0.188. The van der Waals surface area contributed by atoms with E-state index in [4.69, 9.17) is 5.73 Å². The molecule has 3 nitrogen and oxygen atoms in total. The first-order valence-electron chi connectivity index (χ1n) is 4.84. The molecule has 1 aliphatic rings. The Kier molecular flexibility index (Phi) is 4.17. The van der Waals surface area contributed by atoms with E-state index in [1.165, 1.54) is 0 Å². The summed E-state index contributed by atoms with van der Waals surface area (Å²) >= 11 is 0. The van der Waals surface area contributed by atoms with Gasteiger partial charge in [0.1, 0.15) is 5.94 Å². The number of hydrogen-bond donors (Lipinski definition) is 2. The molecule has 0 saturated carbocycles. The van der Waals surface area contributed by atoms with E-state index in [1.54, 1.807) is 0 Å². The highest BCUT2D eigenvalue weighted by Gasteiger charge is 2.14. The first-order chi connectivity index (χ1) is 6.81. The van der Waals surface area contributed by atoms with Gasteiger partial charge >= 0.3 is 0 Å². The van der Waals surface area contributed by atoms with Crippen LogP contribution in [0.25, 0.3) is 0 Å². The van der Waals surface area contributed by atoms with Crippen LogP contribution >= 0.6 is 0 Å². The summed E-state index contributed by atoms with van der Waals surface area (Å²) in [6.07, 6.45) is 7.71. The van der Waals surface area contributed by atoms with E-state index < -0.39 is 0 Å². The molecule has 0 fully saturated rings.